The molecule has 0 spiro atoms. The maximum atomic E-state index is 12.3. The highest BCUT2D eigenvalue weighted by Crippen LogP contribution is 2.16. The van der Waals surface area contributed by atoms with Crippen molar-refractivity contribution in [3.8, 4) is 0 Å². The minimum absolute atomic E-state index is 0.118. The zero-order valence-electron chi connectivity index (χ0n) is 16.8. The number of benzene rings is 2. The first kappa shape index (κ1) is 22.6. The molecule has 1 N–H and O–H groups in total. The van der Waals surface area contributed by atoms with Crippen LogP contribution in [0.3, 0.4) is 0 Å². The van der Waals surface area contributed by atoms with E-state index in [2.05, 4.69) is 4.74 Å². The van der Waals surface area contributed by atoms with Gasteiger partial charge in [0.15, 0.2) is 0 Å². The lowest BCUT2D eigenvalue weighted by Gasteiger charge is -2.22. The SMILES string of the molecule is COC(=O)[C@@H](COC(=O)c1ccc(C)cc1)[C@H](OC(=O)c1ccc(C)cc1)C(=O)O. The van der Waals surface area contributed by atoms with Gasteiger partial charge in [-0.2, -0.15) is 0 Å². The summed E-state index contributed by atoms with van der Waals surface area (Å²) in [6.07, 6.45) is -1.91. The van der Waals surface area contributed by atoms with Crippen LogP contribution in [-0.4, -0.2) is 48.8 Å². The Morgan fingerprint density at radius 2 is 1.30 bits per heavy atom. The van der Waals surface area contributed by atoms with Crippen LogP contribution in [0.2, 0.25) is 0 Å². The summed E-state index contributed by atoms with van der Waals surface area (Å²) >= 11 is 0. The monoisotopic (exact) mass is 414 g/mol. The van der Waals surface area contributed by atoms with Crippen LogP contribution in [0.5, 0.6) is 0 Å². The highest BCUT2D eigenvalue weighted by atomic mass is 16.6. The van der Waals surface area contributed by atoms with Gasteiger partial charge in [0, 0.05) is 0 Å². The molecule has 158 valence electrons. The molecule has 8 nitrogen and oxygen atoms in total. The standard InChI is InChI=1S/C22H22O8/c1-13-4-8-15(9-5-13)20(25)29-12-17(22(27)28-3)18(19(23)24)30-21(26)16-10-6-14(2)7-11-16/h4-11,17-18H,12H2,1-3H3,(H,23,24)/t17-,18-/m0/s1. The Kier molecular flexibility index (Phi) is 7.69. The third-order valence-corrected chi connectivity index (χ3v) is 4.32. The van der Waals surface area contributed by atoms with Crippen LogP contribution in [0.1, 0.15) is 31.8 Å². The minimum Gasteiger partial charge on any atom is -0.478 e. The second-order valence-corrected chi connectivity index (χ2v) is 6.62. The summed E-state index contributed by atoms with van der Waals surface area (Å²) in [7, 11) is 1.05. The zero-order chi connectivity index (χ0) is 22.3. The van der Waals surface area contributed by atoms with Crippen LogP contribution in [0.4, 0.5) is 0 Å². The molecule has 0 amide bonds. The van der Waals surface area contributed by atoms with E-state index in [1.165, 1.54) is 24.3 Å². The summed E-state index contributed by atoms with van der Waals surface area (Å²) in [5, 5.41) is 9.52. The molecular formula is C22H22O8. The van der Waals surface area contributed by atoms with Gasteiger partial charge in [-0.05, 0) is 38.1 Å². The lowest BCUT2D eigenvalue weighted by atomic mass is 10.0. The van der Waals surface area contributed by atoms with Crippen molar-refractivity contribution in [3.05, 3.63) is 70.8 Å². The number of methoxy groups -OCH3 is 1. The van der Waals surface area contributed by atoms with E-state index in [1.54, 1.807) is 24.3 Å². The van der Waals surface area contributed by atoms with Crippen LogP contribution in [0, 0.1) is 19.8 Å². The first-order valence-corrected chi connectivity index (χ1v) is 9.05. The van der Waals surface area contributed by atoms with Crippen molar-refractivity contribution < 1.29 is 38.5 Å². The Morgan fingerprint density at radius 1 is 0.833 bits per heavy atom. The lowest BCUT2D eigenvalue weighted by Crippen LogP contribution is -2.42. The zero-order valence-corrected chi connectivity index (χ0v) is 16.8. The van der Waals surface area contributed by atoms with E-state index in [-0.39, 0.29) is 11.1 Å². The van der Waals surface area contributed by atoms with Crippen LogP contribution < -0.4 is 0 Å². The molecule has 0 fully saturated rings. The van der Waals surface area contributed by atoms with Gasteiger partial charge in [0.05, 0.1) is 18.2 Å². The topological polar surface area (TPSA) is 116 Å². The molecule has 2 rings (SSSR count). The van der Waals surface area contributed by atoms with E-state index in [4.69, 9.17) is 9.47 Å². The Morgan fingerprint density at radius 3 is 1.73 bits per heavy atom. The Bertz CT molecular complexity index is 915. The molecule has 8 heteroatoms. The summed E-state index contributed by atoms with van der Waals surface area (Å²) in [5.41, 5.74) is 2.18. The van der Waals surface area contributed by atoms with Crippen molar-refractivity contribution >= 4 is 23.9 Å². The molecule has 0 aromatic heterocycles. The van der Waals surface area contributed by atoms with Crippen molar-refractivity contribution in [1.82, 2.24) is 0 Å². The molecule has 30 heavy (non-hydrogen) atoms. The van der Waals surface area contributed by atoms with E-state index in [1.807, 2.05) is 13.8 Å². The largest absolute Gasteiger partial charge is 0.478 e. The average Bonchev–Trinajstić information content (AvgIpc) is 2.73. The highest BCUT2D eigenvalue weighted by molar-refractivity contribution is 5.93. The molecule has 0 aliphatic carbocycles. The molecule has 0 radical (unpaired) electrons. The quantitative estimate of drug-likeness (QED) is 0.517. The van der Waals surface area contributed by atoms with Gasteiger partial charge in [0.25, 0.3) is 0 Å². The number of aliphatic carboxylic acids is 1. The lowest BCUT2D eigenvalue weighted by molar-refractivity contribution is -0.163. The maximum absolute atomic E-state index is 12.3. The summed E-state index contributed by atoms with van der Waals surface area (Å²) in [4.78, 5) is 48.4. The highest BCUT2D eigenvalue weighted by Gasteiger charge is 2.39. The third kappa shape index (κ3) is 5.91. The fourth-order valence-corrected chi connectivity index (χ4v) is 2.55. The van der Waals surface area contributed by atoms with E-state index < -0.39 is 42.5 Å². The molecule has 0 saturated heterocycles. The average molecular weight is 414 g/mol. The second-order valence-electron chi connectivity index (χ2n) is 6.62. The van der Waals surface area contributed by atoms with Crippen molar-refractivity contribution in [2.24, 2.45) is 5.92 Å². The van der Waals surface area contributed by atoms with Crippen molar-refractivity contribution in [3.63, 3.8) is 0 Å². The molecule has 2 aromatic rings. The first-order chi connectivity index (χ1) is 14.2. The normalized spacial score (nSPS) is 12.4. The van der Waals surface area contributed by atoms with Gasteiger partial charge in [-0.15, -0.1) is 0 Å². The number of hydrogen-bond acceptors (Lipinski definition) is 7. The van der Waals surface area contributed by atoms with Gasteiger partial charge < -0.3 is 19.3 Å². The first-order valence-electron chi connectivity index (χ1n) is 9.05. The molecule has 2 atom stereocenters. The van der Waals surface area contributed by atoms with Crippen molar-refractivity contribution in [1.29, 1.82) is 0 Å². The summed E-state index contributed by atoms with van der Waals surface area (Å²) in [5.74, 6) is -5.79. The third-order valence-electron chi connectivity index (χ3n) is 4.32. The van der Waals surface area contributed by atoms with E-state index >= 15 is 0 Å². The van der Waals surface area contributed by atoms with E-state index in [0.717, 1.165) is 18.2 Å². The molecule has 0 bridgehead atoms. The number of esters is 3. The van der Waals surface area contributed by atoms with Crippen LogP contribution in [-0.2, 0) is 23.8 Å². The van der Waals surface area contributed by atoms with E-state index in [0.29, 0.717) is 0 Å². The molecular weight excluding hydrogens is 392 g/mol. The van der Waals surface area contributed by atoms with E-state index in [9.17, 15) is 24.3 Å². The second kappa shape index (κ2) is 10.2. The van der Waals surface area contributed by atoms with Gasteiger partial charge in [-0.1, -0.05) is 35.4 Å². The fourth-order valence-electron chi connectivity index (χ4n) is 2.55. The van der Waals surface area contributed by atoms with Crippen LogP contribution in [0.25, 0.3) is 0 Å². The van der Waals surface area contributed by atoms with Crippen LogP contribution >= 0.6 is 0 Å². The molecule has 0 heterocycles. The summed E-state index contributed by atoms with van der Waals surface area (Å²) in [6.45, 7) is 3.03. The van der Waals surface area contributed by atoms with Crippen molar-refractivity contribution in [2.75, 3.05) is 13.7 Å². The summed E-state index contributed by atoms with van der Waals surface area (Å²) < 4.78 is 14.8. The number of carboxylic acid groups (broad SMARTS) is 1. The maximum Gasteiger partial charge on any atom is 0.346 e. The number of carbonyl (C=O) groups excluding carboxylic acids is 3. The Balaban J connectivity index is 2.16. The number of carboxylic acids is 1. The molecule has 0 aliphatic rings. The van der Waals surface area contributed by atoms with Crippen molar-refractivity contribution in [2.45, 2.75) is 20.0 Å². The van der Waals surface area contributed by atoms with Gasteiger partial charge in [0.1, 0.15) is 12.5 Å². The number of aryl methyl sites for hydroxylation is 2. The minimum atomic E-state index is -1.91. The molecule has 0 aliphatic heterocycles. The van der Waals surface area contributed by atoms with Crippen LogP contribution in [0.15, 0.2) is 48.5 Å². The number of carbonyl (C=O) groups is 4. The van der Waals surface area contributed by atoms with Gasteiger partial charge in [0.2, 0.25) is 6.10 Å². The Hall–Kier alpha value is -3.68. The fraction of sp³-hybridized carbons (Fsp3) is 0.273. The summed E-state index contributed by atoms with van der Waals surface area (Å²) in [6, 6.07) is 12.8. The van der Waals surface area contributed by atoms with Gasteiger partial charge in [-0.3, -0.25) is 4.79 Å². The Labute approximate surface area is 173 Å². The molecule has 0 saturated carbocycles. The predicted octanol–water partition coefficient (Wildman–Crippen LogP) is 2.56. The number of ether oxygens (including phenoxy) is 3. The van der Waals surface area contributed by atoms with Gasteiger partial charge >= 0.3 is 23.9 Å². The number of hydrogen-bond donors (Lipinski definition) is 1. The predicted molar refractivity (Wildman–Crippen MR) is 105 cm³/mol. The number of rotatable bonds is 8. The molecule has 2 aromatic carbocycles. The smallest absolute Gasteiger partial charge is 0.346 e. The molecule has 0 unspecified atom stereocenters. The van der Waals surface area contributed by atoms with Gasteiger partial charge in [-0.25, -0.2) is 14.4 Å².